The fourth-order valence-corrected chi connectivity index (χ4v) is 1.99. The number of hydrogen-bond donors (Lipinski definition) is 0. The summed E-state index contributed by atoms with van der Waals surface area (Å²) in [6.07, 6.45) is 8.17. The number of unbranched alkanes of at least 4 members (excludes halogenated alkanes) is 2. The highest BCUT2D eigenvalue weighted by molar-refractivity contribution is 4.96. The average Bonchev–Trinajstić information content (AvgIpc) is 2.46. The molecule has 2 heterocycles. The van der Waals surface area contributed by atoms with Crippen molar-refractivity contribution in [3.63, 3.8) is 0 Å². The highest BCUT2D eigenvalue weighted by atomic mass is 16.7. The molecule has 2 saturated heterocycles. The first-order chi connectivity index (χ1) is 9.28. The van der Waals surface area contributed by atoms with Crippen LogP contribution >= 0.6 is 0 Å². The van der Waals surface area contributed by atoms with Gasteiger partial charge < -0.3 is 18.9 Å². The second kappa shape index (κ2) is 6.73. The Morgan fingerprint density at radius 3 is 1.47 bits per heavy atom. The van der Waals surface area contributed by atoms with Crippen molar-refractivity contribution in [3.05, 3.63) is 24.0 Å². The van der Waals surface area contributed by atoms with E-state index in [1.54, 1.807) is 0 Å². The second-order valence-electron chi connectivity index (χ2n) is 5.28. The van der Waals surface area contributed by atoms with E-state index in [1.165, 1.54) is 0 Å². The lowest BCUT2D eigenvalue weighted by atomic mass is 9.91. The van der Waals surface area contributed by atoms with E-state index in [2.05, 4.69) is 13.8 Å². The van der Waals surface area contributed by atoms with Gasteiger partial charge in [-0.3, -0.25) is 0 Å². The van der Waals surface area contributed by atoms with E-state index in [1.807, 2.05) is 12.2 Å². The predicted octanol–water partition coefficient (Wildman–Crippen LogP) is 3.35. The summed E-state index contributed by atoms with van der Waals surface area (Å²) in [4.78, 5) is 0. The number of ether oxygens (including phenoxy) is 4. The minimum absolute atomic E-state index is 0.160. The van der Waals surface area contributed by atoms with Crippen molar-refractivity contribution < 1.29 is 18.9 Å². The summed E-state index contributed by atoms with van der Waals surface area (Å²) in [6.45, 7) is 6.67. The Morgan fingerprint density at radius 2 is 1.16 bits per heavy atom. The largest absolute Gasteiger partial charge is 0.465 e. The van der Waals surface area contributed by atoms with Crippen molar-refractivity contribution in [2.24, 2.45) is 5.41 Å². The monoisotopic (exact) mass is 268 g/mol. The van der Waals surface area contributed by atoms with Gasteiger partial charge in [0, 0.05) is 0 Å². The van der Waals surface area contributed by atoms with Crippen molar-refractivity contribution in [3.8, 4) is 0 Å². The van der Waals surface area contributed by atoms with Gasteiger partial charge in [0.1, 0.15) is 31.8 Å². The summed E-state index contributed by atoms with van der Waals surface area (Å²) < 4.78 is 22.6. The maximum absolute atomic E-state index is 5.65. The lowest BCUT2D eigenvalue weighted by Gasteiger charge is -2.40. The molecule has 0 unspecified atom stereocenters. The van der Waals surface area contributed by atoms with E-state index in [0.717, 1.165) is 25.7 Å². The lowest BCUT2D eigenvalue weighted by Crippen LogP contribution is -2.46. The second-order valence-corrected chi connectivity index (χ2v) is 5.28. The van der Waals surface area contributed by atoms with E-state index in [0.29, 0.717) is 38.3 Å². The zero-order valence-corrected chi connectivity index (χ0v) is 11.9. The smallest absolute Gasteiger partial charge is 0.274 e. The molecule has 0 atom stereocenters. The molecule has 0 aromatic rings. The van der Waals surface area contributed by atoms with Crippen LogP contribution in [-0.4, -0.2) is 26.4 Å². The Bertz CT molecular complexity index is 289. The number of allylic oxidation sites excluding steroid dienone is 2. The summed E-state index contributed by atoms with van der Waals surface area (Å²) in [5.74, 6) is 1.31. The summed E-state index contributed by atoms with van der Waals surface area (Å²) in [5, 5.41) is 0. The third-order valence-corrected chi connectivity index (χ3v) is 3.28. The molecule has 0 aromatic carbocycles. The SMILES string of the molecule is CCCC=C1OCC2(CO1)COC(=CCCC)OC2. The predicted molar refractivity (Wildman–Crippen MR) is 72.2 cm³/mol. The molecule has 19 heavy (non-hydrogen) atoms. The van der Waals surface area contributed by atoms with E-state index < -0.39 is 0 Å². The van der Waals surface area contributed by atoms with Gasteiger partial charge in [0.15, 0.2) is 0 Å². The summed E-state index contributed by atoms with van der Waals surface area (Å²) >= 11 is 0. The van der Waals surface area contributed by atoms with Crippen molar-refractivity contribution >= 4 is 0 Å². The molecule has 0 bridgehead atoms. The van der Waals surface area contributed by atoms with Crippen LogP contribution in [0, 0.1) is 5.41 Å². The molecular formula is C15H24O4. The van der Waals surface area contributed by atoms with Gasteiger partial charge in [-0.2, -0.15) is 0 Å². The van der Waals surface area contributed by atoms with Crippen LogP contribution in [0.4, 0.5) is 0 Å². The van der Waals surface area contributed by atoms with Crippen LogP contribution in [0.1, 0.15) is 39.5 Å². The minimum Gasteiger partial charge on any atom is -0.465 e. The van der Waals surface area contributed by atoms with Crippen LogP contribution in [-0.2, 0) is 18.9 Å². The molecule has 0 aliphatic carbocycles. The van der Waals surface area contributed by atoms with Crippen LogP contribution in [0.2, 0.25) is 0 Å². The van der Waals surface area contributed by atoms with E-state index >= 15 is 0 Å². The normalized spacial score (nSPS) is 26.0. The topological polar surface area (TPSA) is 36.9 Å². The highest BCUT2D eigenvalue weighted by Crippen LogP contribution is 2.32. The third kappa shape index (κ3) is 3.82. The van der Waals surface area contributed by atoms with Crippen LogP contribution in [0.15, 0.2) is 24.0 Å². The molecule has 2 aliphatic heterocycles. The number of rotatable bonds is 4. The molecule has 4 heteroatoms. The van der Waals surface area contributed by atoms with Gasteiger partial charge in [0.25, 0.3) is 11.9 Å². The third-order valence-electron chi connectivity index (χ3n) is 3.28. The van der Waals surface area contributed by atoms with Gasteiger partial charge in [-0.1, -0.05) is 26.7 Å². The van der Waals surface area contributed by atoms with Gasteiger partial charge in [-0.15, -0.1) is 0 Å². The minimum atomic E-state index is -0.160. The fraction of sp³-hybridized carbons (Fsp3) is 0.733. The molecular weight excluding hydrogens is 244 g/mol. The Kier molecular flexibility index (Phi) is 5.00. The van der Waals surface area contributed by atoms with Crippen LogP contribution in [0.3, 0.4) is 0 Å². The summed E-state index contributed by atoms with van der Waals surface area (Å²) in [6, 6.07) is 0. The fourth-order valence-electron chi connectivity index (χ4n) is 1.99. The standard InChI is InChI=1S/C15H24O4/c1-3-5-7-13-16-9-15(10-17-13)11-18-14(19-12-15)8-6-4-2/h7-8H,3-6,9-12H2,1-2H3. The Morgan fingerprint density at radius 1 is 0.789 bits per heavy atom. The maximum Gasteiger partial charge on any atom is 0.274 e. The van der Waals surface area contributed by atoms with Gasteiger partial charge in [-0.05, 0) is 25.0 Å². The first kappa shape index (κ1) is 14.1. The first-order valence-corrected chi connectivity index (χ1v) is 7.19. The zero-order valence-electron chi connectivity index (χ0n) is 11.9. The van der Waals surface area contributed by atoms with Crippen molar-refractivity contribution in [2.45, 2.75) is 39.5 Å². The van der Waals surface area contributed by atoms with Crippen molar-refractivity contribution in [1.29, 1.82) is 0 Å². The molecule has 2 fully saturated rings. The molecule has 0 aromatic heterocycles. The Hall–Kier alpha value is -1.32. The van der Waals surface area contributed by atoms with Crippen LogP contribution in [0.5, 0.6) is 0 Å². The van der Waals surface area contributed by atoms with E-state index in [4.69, 9.17) is 18.9 Å². The van der Waals surface area contributed by atoms with E-state index in [-0.39, 0.29) is 5.41 Å². The van der Waals surface area contributed by atoms with Gasteiger partial charge in [-0.25, -0.2) is 0 Å². The molecule has 0 N–H and O–H groups in total. The van der Waals surface area contributed by atoms with Gasteiger partial charge >= 0.3 is 0 Å². The Labute approximate surface area is 115 Å². The van der Waals surface area contributed by atoms with Crippen molar-refractivity contribution in [1.82, 2.24) is 0 Å². The molecule has 2 aliphatic rings. The zero-order chi connectivity index (χ0) is 13.6. The van der Waals surface area contributed by atoms with Crippen LogP contribution in [0.25, 0.3) is 0 Å². The maximum atomic E-state index is 5.65. The van der Waals surface area contributed by atoms with E-state index in [9.17, 15) is 0 Å². The molecule has 0 saturated carbocycles. The van der Waals surface area contributed by atoms with Crippen molar-refractivity contribution in [2.75, 3.05) is 26.4 Å². The average molecular weight is 268 g/mol. The molecule has 1 spiro atoms. The Balaban J connectivity index is 1.81. The van der Waals surface area contributed by atoms with Gasteiger partial charge in [0.2, 0.25) is 0 Å². The first-order valence-electron chi connectivity index (χ1n) is 7.19. The molecule has 4 nitrogen and oxygen atoms in total. The quantitative estimate of drug-likeness (QED) is 0.783. The highest BCUT2D eigenvalue weighted by Gasteiger charge is 2.41. The summed E-state index contributed by atoms with van der Waals surface area (Å²) in [5.41, 5.74) is -0.160. The molecule has 108 valence electrons. The molecule has 2 rings (SSSR count). The molecule has 0 radical (unpaired) electrons. The lowest BCUT2D eigenvalue weighted by molar-refractivity contribution is -0.185. The summed E-state index contributed by atoms with van der Waals surface area (Å²) in [7, 11) is 0. The molecule has 0 amide bonds. The van der Waals surface area contributed by atoms with Crippen LogP contribution < -0.4 is 0 Å². The van der Waals surface area contributed by atoms with Gasteiger partial charge in [0.05, 0.1) is 0 Å². The number of hydrogen-bond acceptors (Lipinski definition) is 4.